The van der Waals surface area contributed by atoms with Gasteiger partial charge < -0.3 is 10.5 Å². The number of ether oxygens (including phenoxy) is 1. The summed E-state index contributed by atoms with van der Waals surface area (Å²) in [5.74, 6) is 4.50. The second-order valence-corrected chi connectivity index (χ2v) is 2.67. The summed E-state index contributed by atoms with van der Waals surface area (Å²) < 4.78 is 4.37. The molecule has 0 aliphatic heterocycles. The summed E-state index contributed by atoms with van der Waals surface area (Å²) in [6, 6.07) is 7.41. The van der Waals surface area contributed by atoms with E-state index in [9.17, 15) is 4.79 Å². The average molecular weight is 189 g/mol. The Morgan fingerprint density at radius 3 is 2.86 bits per heavy atom. The predicted octanol–water partition coefficient (Wildman–Crippen LogP) is 0.988. The van der Waals surface area contributed by atoms with Gasteiger partial charge in [-0.1, -0.05) is 24.1 Å². The largest absolute Gasteiger partial charge is 0.459 e. The normalized spacial score (nSPS) is 8.64. The number of esters is 1. The summed E-state index contributed by atoms with van der Waals surface area (Å²) in [5.41, 5.74) is 7.29. The van der Waals surface area contributed by atoms with Crippen LogP contribution in [0.2, 0.25) is 0 Å². The fraction of sp³-hybridized carbons (Fsp3) is 0.182. The number of anilines is 1. The first-order chi connectivity index (χ1) is 6.74. The Balaban J connectivity index is 2.65. The van der Waals surface area contributed by atoms with Crippen molar-refractivity contribution in [1.82, 2.24) is 0 Å². The third kappa shape index (κ3) is 2.83. The van der Waals surface area contributed by atoms with Gasteiger partial charge in [0.25, 0.3) is 0 Å². The van der Waals surface area contributed by atoms with Gasteiger partial charge in [0.15, 0.2) is 0 Å². The lowest BCUT2D eigenvalue weighted by Crippen LogP contribution is -1.96. The maximum atomic E-state index is 10.7. The Hall–Kier alpha value is -1.95. The number of para-hydroxylation sites is 1. The number of carbonyl (C=O) groups excluding carboxylic acids is 1. The number of rotatable bonds is 1. The molecule has 1 aromatic rings. The van der Waals surface area contributed by atoms with E-state index < -0.39 is 5.97 Å². The summed E-state index contributed by atoms with van der Waals surface area (Å²) in [4.78, 5) is 10.7. The maximum absolute atomic E-state index is 10.7. The van der Waals surface area contributed by atoms with E-state index in [4.69, 9.17) is 5.73 Å². The number of nitrogens with two attached hydrogens (primary N) is 1. The van der Waals surface area contributed by atoms with Gasteiger partial charge in [-0.05, 0) is 11.6 Å². The lowest BCUT2D eigenvalue weighted by Gasteiger charge is -1.98. The number of methoxy groups -OCH3 is 1. The molecule has 0 spiro atoms. The highest BCUT2D eigenvalue weighted by Gasteiger charge is 1.94. The second-order valence-electron chi connectivity index (χ2n) is 2.67. The van der Waals surface area contributed by atoms with E-state index in [2.05, 4.69) is 16.6 Å². The highest BCUT2D eigenvalue weighted by Crippen LogP contribution is 2.09. The van der Waals surface area contributed by atoms with Crippen LogP contribution in [-0.4, -0.2) is 13.1 Å². The highest BCUT2D eigenvalue weighted by atomic mass is 16.5. The minimum absolute atomic E-state index is 0.460. The van der Waals surface area contributed by atoms with E-state index in [-0.39, 0.29) is 0 Å². The molecule has 0 aliphatic carbocycles. The molecule has 0 aromatic heterocycles. The molecule has 0 fully saturated rings. The number of hydrogen-bond donors (Lipinski definition) is 1. The molecule has 14 heavy (non-hydrogen) atoms. The fourth-order valence-corrected chi connectivity index (χ4v) is 0.958. The summed E-state index contributed by atoms with van der Waals surface area (Å²) in [5, 5.41) is 0. The van der Waals surface area contributed by atoms with Crippen LogP contribution in [0.15, 0.2) is 24.3 Å². The molecule has 3 nitrogen and oxygen atoms in total. The topological polar surface area (TPSA) is 52.3 Å². The molecule has 0 saturated heterocycles. The Kier molecular flexibility index (Phi) is 3.57. The van der Waals surface area contributed by atoms with Crippen molar-refractivity contribution in [3.8, 4) is 11.8 Å². The average Bonchev–Trinajstić information content (AvgIpc) is 2.20. The van der Waals surface area contributed by atoms with Crippen LogP contribution in [0, 0.1) is 11.8 Å². The minimum Gasteiger partial charge on any atom is -0.459 e. The number of carbonyl (C=O) groups is 1. The first-order valence-corrected chi connectivity index (χ1v) is 4.14. The van der Waals surface area contributed by atoms with Gasteiger partial charge in [0.1, 0.15) is 0 Å². The van der Waals surface area contributed by atoms with Crippen molar-refractivity contribution in [3.63, 3.8) is 0 Å². The minimum atomic E-state index is -0.528. The van der Waals surface area contributed by atoms with Gasteiger partial charge in [-0.25, -0.2) is 4.79 Å². The van der Waals surface area contributed by atoms with Crippen LogP contribution >= 0.6 is 0 Å². The van der Waals surface area contributed by atoms with Gasteiger partial charge in [0.05, 0.1) is 7.11 Å². The fourth-order valence-electron chi connectivity index (χ4n) is 0.958. The Labute approximate surface area is 82.9 Å². The third-order valence-electron chi connectivity index (χ3n) is 1.71. The van der Waals surface area contributed by atoms with Crippen molar-refractivity contribution in [2.75, 3.05) is 12.8 Å². The Bertz CT molecular complexity index is 388. The predicted molar refractivity (Wildman–Crippen MR) is 54.4 cm³/mol. The number of hydrogen-bond acceptors (Lipinski definition) is 3. The molecule has 2 N–H and O–H groups in total. The van der Waals surface area contributed by atoms with Gasteiger partial charge in [0.2, 0.25) is 0 Å². The molecular weight excluding hydrogens is 178 g/mol. The molecule has 0 radical (unpaired) electrons. The molecule has 1 rings (SSSR count). The molecular formula is C11H11NO2. The maximum Gasteiger partial charge on any atom is 0.384 e. The van der Waals surface area contributed by atoms with Gasteiger partial charge in [0, 0.05) is 18.0 Å². The SMILES string of the molecule is COC(=O)C#CCc1ccccc1N. The lowest BCUT2D eigenvalue weighted by molar-refractivity contribution is -0.133. The zero-order valence-corrected chi connectivity index (χ0v) is 7.91. The van der Waals surface area contributed by atoms with E-state index in [1.807, 2.05) is 18.2 Å². The summed E-state index contributed by atoms with van der Waals surface area (Å²) >= 11 is 0. The molecule has 0 bridgehead atoms. The quantitative estimate of drug-likeness (QED) is 0.310. The van der Waals surface area contributed by atoms with Crippen LogP contribution in [0.5, 0.6) is 0 Å². The van der Waals surface area contributed by atoms with Crippen molar-refractivity contribution in [3.05, 3.63) is 29.8 Å². The van der Waals surface area contributed by atoms with Crippen molar-refractivity contribution in [2.24, 2.45) is 0 Å². The van der Waals surface area contributed by atoms with Crippen LogP contribution in [-0.2, 0) is 16.0 Å². The molecule has 0 aliphatic rings. The van der Waals surface area contributed by atoms with E-state index in [0.29, 0.717) is 12.1 Å². The molecule has 0 atom stereocenters. The zero-order chi connectivity index (χ0) is 10.4. The van der Waals surface area contributed by atoms with E-state index in [1.54, 1.807) is 6.07 Å². The van der Waals surface area contributed by atoms with Crippen LogP contribution in [0.3, 0.4) is 0 Å². The van der Waals surface area contributed by atoms with E-state index in [1.165, 1.54) is 7.11 Å². The third-order valence-corrected chi connectivity index (χ3v) is 1.71. The molecule has 1 aromatic carbocycles. The first kappa shape index (κ1) is 10.1. The Morgan fingerprint density at radius 1 is 1.50 bits per heavy atom. The Morgan fingerprint density at radius 2 is 2.21 bits per heavy atom. The summed E-state index contributed by atoms with van der Waals surface area (Å²) in [6.45, 7) is 0. The molecule has 0 heterocycles. The highest BCUT2D eigenvalue weighted by molar-refractivity contribution is 5.88. The van der Waals surface area contributed by atoms with Crippen LogP contribution in [0.4, 0.5) is 5.69 Å². The zero-order valence-electron chi connectivity index (χ0n) is 7.91. The molecule has 0 saturated carbocycles. The number of benzene rings is 1. The molecule has 3 heteroatoms. The van der Waals surface area contributed by atoms with Gasteiger partial charge in [-0.2, -0.15) is 0 Å². The van der Waals surface area contributed by atoms with Crippen molar-refractivity contribution >= 4 is 11.7 Å². The van der Waals surface area contributed by atoms with Gasteiger partial charge >= 0.3 is 5.97 Å². The van der Waals surface area contributed by atoms with Gasteiger partial charge in [-0.3, -0.25) is 0 Å². The van der Waals surface area contributed by atoms with Crippen LogP contribution < -0.4 is 5.73 Å². The summed E-state index contributed by atoms with van der Waals surface area (Å²) in [6.07, 6.45) is 0.460. The smallest absolute Gasteiger partial charge is 0.384 e. The van der Waals surface area contributed by atoms with Gasteiger partial charge in [-0.15, -0.1) is 0 Å². The molecule has 72 valence electrons. The van der Waals surface area contributed by atoms with E-state index in [0.717, 1.165) is 5.56 Å². The van der Waals surface area contributed by atoms with Crippen LogP contribution in [0.1, 0.15) is 5.56 Å². The van der Waals surface area contributed by atoms with Crippen molar-refractivity contribution in [2.45, 2.75) is 6.42 Å². The molecule has 0 amide bonds. The van der Waals surface area contributed by atoms with Crippen molar-refractivity contribution in [1.29, 1.82) is 0 Å². The van der Waals surface area contributed by atoms with Crippen molar-refractivity contribution < 1.29 is 9.53 Å². The molecule has 0 unspecified atom stereocenters. The van der Waals surface area contributed by atoms with Crippen LogP contribution in [0.25, 0.3) is 0 Å². The monoisotopic (exact) mass is 189 g/mol. The summed E-state index contributed by atoms with van der Waals surface area (Å²) in [7, 11) is 1.30. The second kappa shape index (κ2) is 4.93. The standard InChI is InChI=1S/C11H11NO2/c1-14-11(13)8-4-6-9-5-2-3-7-10(9)12/h2-3,5,7H,6,12H2,1H3. The number of nitrogen functional groups attached to an aromatic ring is 1. The van der Waals surface area contributed by atoms with E-state index >= 15 is 0 Å². The first-order valence-electron chi connectivity index (χ1n) is 4.14. The lowest BCUT2D eigenvalue weighted by atomic mass is 10.1.